The molecule has 0 bridgehead atoms. The predicted molar refractivity (Wildman–Crippen MR) is 79.4 cm³/mol. The van der Waals surface area contributed by atoms with E-state index in [9.17, 15) is 8.78 Å². The molecule has 0 fully saturated rings. The zero-order chi connectivity index (χ0) is 15.4. The van der Waals surface area contributed by atoms with Crippen LogP contribution >= 0.6 is 0 Å². The fourth-order valence-corrected chi connectivity index (χ4v) is 1.97. The maximum atomic E-state index is 13.2. The summed E-state index contributed by atoms with van der Waals surface area (Å²) >= 11 is 0. The SMILES string of the molecule is CCc1nc(NC)c(C)c(NCc2ccc(F)c(F)c2)n1. The van der Waals surface area contributed by atoms with Crippen LogP contribution in [-0.4, -0.2) is 17.0 Å². The minimum absolute atomic E-state index is 0.362. The molecular formula is C15H18F2N4. The minimum Gasteiger partial charge on any atom is -0.373 e. The molecule has 0 amide bonds. The van der Waals surface area contributed by atoms with E-state index < -0.39 is 11.6 Å². The highest BCUT2D eigenvalue weighted by Crippen LogP contribution is 2.20. The maximum Gasteiger partial charge on any atom is 0.159 e. The number of aromatic nitrogens is 2. The van der Waals surface area contributed by atoms with E-state index in [1.165, 1.54) is 6.07 Å². The molecule has 0 aliphatic rings. The second-order valence-corrected chi connectivity index (χ2v) is 4.67. The van der Waals surface area contributed by atoms with Crippen molar-refractivity contribution < 1.29 is 8.78 Å². The van der Waals surface area contributed by atoms with Crippen molar-refractivity contribution in [1.82, 2.24) is 9.97 Å². The van der Waals surface area contributed by atoms with Crippen molar-refractivity contribution in [2.75, 3.05) is 17.7 Å². The molecule has 0 aliphatic heterocycles. The normalized spacial score (nSPS) is 10.5. The topological polar surface area (TPSA) is 49.8 Å². The van der Waals surface area contributed by atoms with Crippen molar-refractivity contribution in [3.05, 3.63) is 46.8 Å². The van der Waals surface area contributed by atoms with Gasteiger partial charge in [0.25, 0.3) is 0 Å². The first-order valence-electron chi connectivity index (χ1n) is 6.78. The lowest BCUT2D eigenvalue weighted by Crippen LogP contribution is -2.09. The Balaban J connectivity index is 2.20. The highest BCUT2D eigenvalue weighted by atomic mass is 19.2. The highest BCUT2D eigenvalue weighted by Gasteiger charge is 2.09. The lowest BCUT2D eigenvalue weighted by atomic mass is 10.2. The van der Waals surface area contributed by atoms with Gasteiger partial charge in [0.1, 0.15) is 17.5 Å². The predicted octanol–water partition coefficient (Wildman–Crippen LogP) is 3.28. The molecule has 0 aliphatic carbocycles. The molecule has 0 atom stereocenters. The Kier molecular flexibility index (Phi) is 4.67. The average molecular weight is 292 g/mol. The Labute approximate surface area is 122 Å². The third kappa shape index (κ3) is 3.45. The first kappa shape index (κ1) is 15.2. The van der Waals surface area contributed by atoms with Crippen LogP contribution in [0.1, 0.15) is 23.9 Å². The van der Waals surface area contributed by atoms with Crippen LogP contribution in [-0.2, 0) is 13.0 Å². The smallest absolute Gasteiger partial charge is 0.159 e. The van der Waals surface area contributed by atoms with Gasteiger partial charge in [0.15, 0.2) is 11.6 Å². The second-order valence-electron chi connectivity index (χ2n) is 4.67. The molecule has 0 saturated heterocycles. The van der Waals surface area contributed by atoms with Crippen LogP contribution in [0.3, 0.4) is 0 Å². The highest BCUT2D eigenvalue weighted by molar-refractivity contribution is 5.57. The van der Waals surface area contributed by atoms with Crippen LogP contribution < -0.4 is 10.6 Å². The van der Waals surface area contributed by atoms with Gasteiger partial charge in [-0.1, -0.05) is 13.0 Å². The third-order valence-electron chi connectivity index (χ3n) is 3.19. The van der Waals surface area contributed by atoms with Gasteiger partial charge in [-0.2, -0.15) is 0 Å². The van der Waals surface area contributed by atoms with Crippen molar-refractivity contribution in [2.24, 2.45) is 0 Å². The van der Waals surface area contributed by atoms with Crippen LogP contribution in [0.2, 0.25) is 0 Å². The molecule has 2 aromatic rings. The second kappa shape index (κ2) is 6.47. The van der Waals surface area contributed by atoms with E-state index >= 15 is 0 Å². The Bertz CT molecular complexity index is 644. The molecule has 2 rings (SSSR count). The van der Waals surface area contributed by atoms with Gasteiger partial charge < -0.3 is 10.6 Å². The zero-order valence-corrected chi connectivity index (χ0v) is 12.3. The van der Waals surface area contributed by atoms with Gasteiger partial charge in [-0.15, -0.1) is 0 Å². The van der Waals surface area contributed by atoms with Crippen LogP contribution in [0.4, 0.5) is 20.4 Å². The van der Waals surface area contributed by atoms with E-state index in [1.54, 1.807) is 13.1 Å². The third-order valence-corrected chi connectivity index (χ3v) is 3.19. The van der Waals surface area contributed by atoms with E-state index in [4.69, 9.17) is 0 Å². The standard InChI is InChI=1S/C15H18F2N4/c1-4-13-20-14(18-3)9(2)15(21-13)19-8-10-5-6-11(16)12(17)7-10/h5-7H,4,8H2,1-3H3,(H2,18,19,20,21). The molecule has 0 radical (unpaired) electrons. The fraction of sp³-hybridized carbons (Fsp3) is 0.333. The number of hydrogen-bond donors (Lipinski definition) is 2. The van der Waals surface area contributed by atoms with E-state index in [2.05, 4.69) is 20.6 Å². The van der Waals surface area contributed by atoms with Crippen molar-refractivity contribution in [1.29, 1.82) is 0 Å². The average Bonchev–Trinajstić information content (AvgIpc) is 2.49. The summed E-state index contributed by atoms with van der Waals surface area (Å²) in [6, 6.07) is 3.84. The number of anilines is 2. The van der Waals surface area contributed by atoms with Crippen molar-refractivity contribution in [2.45, 2.75) is 26.8 Å². The molecule has 21 heavy (non-hydrogen) atoms. The van der Waals surface area contributed by atoms with E-state index in [-0.39, 0.29) is 0 Å². The summed E-state index contributed by atoms with van der Waals surface area (Å²) in [5, 5.41) is 6.17. The van der Waals surface area contributed by atoms with E-state index in [0.717, 1.165) is 29.7 Å². The molecule has 0 unspecified atom stereocenters. The fourth-order valence-electron chi connectivity index (χ4n) is 1.97. The van der Waals surface area contributed by atoms with Gasteiger partial charge in [-0.25, -0.2) is 18.7 Å². The molecule has 0 spiro atoms. The summed E-state index contributed by atoms with van der Waals surface area (Å²) in [4.78, 5) is 8.80. The first-order chi connectivity index (χ1) is 10.0. The minimum atomic E-state index is -0.848. The molecule has 6 heteroatoms. The molecular weight excluding hydrogens is 274 g/mol. The van der Waals surface area contributed by atoms with Gasteiger partial charge >= 0.3 is 0 Å². The number of hydrogen-bond acceptors (Lipinski definition) is 4. The van der Waals surface area contributed by atoms with Crippen LogP contribution in [0.25, 0.3) is 0 Å². The summed E-state index contributed by atoms with van der Waals surface area (Å²) in [5.74, 6) is 0.477. The summed E-state index contributed by atoms with van der Waals surface area (Å²) < 4.78 is 26.1. The van der Waals surface area contributed by atoms with Gasteiger partial charge in [0.05, 0.1) is 0 Å². The molecule has 4 nitrogen and oxygen atoms in total. The summed E-state index contributed by atoms with van der Waals surface area (Å²) in [5.41, 5.74) is 1.54. The van der Waals surface area contributed by atoms with Crippen molar-refractivity contribution in [3.8, 4) is 0 Å². The van der Waals surface area contributed by atoms with Gasteiger partial charge in [0, 0.05) is 25.6 Å². The Morgan fingerprint density at radius 1 is 1.10 bits per heavy atom. The Morgan fingerprint density at radius 2 is 1.81 bits per heavy atom. The maximum absolute atomic E-state index is 13.2. The van der Waals surface area contributed by atoms with Crippen LogP contribution in [0, 0.1) is 18.6 Å². The van der Waals surface area contributed by atoms with Crippen molar-refractivity contribution >= 4 is 11.6 Å². The number of aryl methyl sites for hydroxylation is 1. The van der Waals surface area contributed by atoms with Crippen molar-refractivity contribution in [3.63, 3.8) is 0 Å². The monoisotopic (exact) mass is 292 g/mol. The lowest BCUT2D eigenvalue weighted by molar-refractivity contribution is 0.507. The summed E-state index contributed by atoms with van der Waals surface area (Å²) in [7, 11) is 1.80. The Morgan fingerprint density at radius 3 is 2.43 bits per heavy atom. The molecule has 2 N–H and O–H groups in total. The zero-order valence-electron chi connectivity index (χ0n) is 12.3. The first-order valence-corrected chi connectivity index (χ1v) is 6.78. The number of halogens is 2. The van der Waals surface area contributed by atoms with E-state index in [1.807, 2.05) is 13.8 Å². The number of nitrogens with zero attached hydrogens (tertiary/aromatic N) is 2. The molecule has 1 aromatic carbocycles. The lowest BCUT2D eigenvalue weighted by Gasteiger charge is -2.13. The number of benzene rings is 1. The largest absolute Gasteiger partial charge is 0.373 e. The Hall–Kier alpha value is -2.24. The van der Waals surface area contributed by atoms with Crippen LogP contribution in [0.15, 0.2) is 18.2 Å². The van der Waals surface area contributed by atoms with Gasteiger partial charge in [0.2, 0.25) is 0 Å². The summed E-state index contributed by atoms with van der Waals surface area (Å²) in [6.07, 6.45) is 0.717. The number of nitrogens with one attached hydrogen (secondary N) is 2. The van der Waals surface area contributed by atoms with Gasteiger partial charge in [-0.3, -0.25) is 0 Å². The molecule has 1 heterocycles. The molecule has 0 saturated carbocycles. The van der Waals surface area contributed by atoms with Gasteiger partial charge in [-0.05, 0) is 24.6 Å². The van der Waals surface area contributed by atoms with E-state index in [0.29, 0.717) is 17.9 Å². The quantitative estimate of drug-likeness (QED) is 0.888. The van der Waals surface area contributed by atoms with Crippen LogP contribution in [0.5, 0.6) is 0 Å². The molecule has 112 valence electrons. The number of rotatable bonds is 5. The summed E-state index contributed by atoms with van der Waals surface area (Å²) in [6.45, 7) is 4.24. The molecule has 1 aromatic heterocycles.